The summed E-state index contributed by atoms with van der Waals surface area (Å²) < 4.78 is 5.23. The molecule has 0 radical (unpaired) electrons. The number of nitrogens with one attached hydrogen (secondary N) is 1. The zero-order chi connectivity index (χ0) is 12.7. The lowest BCUT2D eigenvalue weighted by Crippen LogP contribution is -2.28. The number of pyridine rings is 1. The minimum atomic E-state index is -1.04. The largest absolute Gasteiger partial charge is 0.480 e. The number of aliphatic carboxylic acids is 1. The molecule has 92 valence electrons. The molecule has 0 saturated heterocycles. The summed E-state index contributed by atoms with van der Waals surface area (Å²) in [6.07, 6.45) is 1.57. The number of carbonyl (C=O) groups is 2. The molecule has 0 atom stereocenters. The van der Waals surface area contributed by atoms with Crippen LogP contribution < -0.4 is 5.32 Å². The summed E-state index contributed by atoms with van der Waals surface area (Å²) in [5, 5.41) is 10.9. The van der Waals surface area contributed by atoms with E-state index >= 15 is 0 Å². The minimum Gasteiger partial charge on any atom is -0.480 e. The van der Waals surface area contributed by atoms with Gasteiger partial charge in [0.1, 0.15) is 11.2 Å². The molecule has 0 aliphatic rings. The van der Waals surface area contributed by atoms with Gasteiger partial charge in [-0.1, -0.05) is 0 Å². The first-order valence-corrected chi connectivity index (χ1v) is 5.59. The molecule has 0 spiro atoms. The van der Waals surface area contributed by atoms with Crippen LogP contribution in [0.3, 0.4) is 0 Å². The third kappa shape index (κ3) is 4.92. The molecule has 6 nitrogen and oxygen atoms in total. The Labute approximate surface area is 106 Å². The normalized spacial score (nSPS) is 9.94. The van der Waals surface area contributed by atoms with E-state index in [1.54, 1.807) is 18.3 Å². The average Bonchev–Trinajstić information content (AvgIpc) is 2.28. The molecule has 1 aromatic rings. The molecular weight excluding hydrogens is 292 g/mol. The molecule has 1 rings (SSSR count). The molecular formula is C10H11BrN2O4. The Morgan fingerprint density at radius 3 is 2.94 bits per heavy atom. The summed E-state index contributed by atoms with van der Waals surface area (Å²) in [6.45, 7) is 0.0236. The van der Waals surface area contributed by atoms with Crippen molar-refractivity contribution in [3.05, 3.63) is 28.5 Å². The molecule has 0 unspecified atom stereocenters. The summed E-state index contributed by atoms with van der Waals surface area (Å²) in [6, 6.07) is 3.28. The fourth-order valence-corrected chi connectivity index (χ4v) is 1.48. The van der Waals surface area contributed by atoms with Crippen LogP contribution >= 0.6 is 15.9 Å². The second-order valence-corrected chi connectivity index (χ2v) is 3.80. The number of carbonyl (C=O) groups excluding carboxylic acids is 1. The monoisotopic (exact) mass is 302 g/mol. The van der Waals surface area contributed by atoms with Crippen molar-refractivity contribution < 1.29 is 19.4 Å². The van der Waals surface area contributed by atoms with Gasteiger partial charge in [0.2, 0.25) is 0 Å². The van der Waals surface area contributed by atoms with Crippen LogP contribution in [0.25, 0.3) is 0 Å². The lowest BCUT2D eigenvalue weighted by atomic mass is 10.3. The maximum absolute atomic E-state index is 11.6. The number of aromatic nitrogens is 1. The maximum atomic E-state index is 11.6. The van der Waals surface area contributed by atoms with E-state index in [4.69, 9.17) is 9.84 Å². The predicted molar refractivity (Wildman–Crippen MR) is 62.7 cm³/mol. The summed E-state index contributed by atoms with van der Waals surface area (Å²) in [4.78, 5) is 25.7. The van der Waals surface area contributed by atoms with Gasteiger partial charge in [0.15, 0.2) is 0 Å². The van der Waals surface area contributed by atoms with Gasteiger partial charge in [-0.15, -0.1) is 0 Å². The molecule has 1 heterocycles. The molecule has 1 amide bonds. The van der Waals surface area contributed by atoms with E-state index in [9.17, 15) is 9.59 Å². The molecule has 2 N–H and O–H groups in total. The first-order chi connectivity index (χ1) is 8.11. The number of halogens is 1. The average molecular weight is 303 g/mol. The molecule has 0 aliphatic heterocycles. The highest BCUT2D eigenvalue weighted by Gasteiger charge is 2.09. The number of rotatable bonds is 6. The third-order valence-electron chi connectivity index (χ3n) is 1.76. The van der Waals surface area contributed by atoms with Gasteiger partial charge in [0.05, 0.1) is 12.2 Å². The lowest BCUT2D eigenvalue weighted by molar-refractivity contribution is -0.142. The van der Waals surface area contributed by atoms with E-state index in [1.165, 1.54) is 0 Å². The van der Waals surface area contributed by atoms with Crippen LogP contribution in [0, 0.1) is 0 Å². The minimum absolute atomic E-state index is 0.149. The molecule has 0 fully saturated rings. The second-order valence-electron chi connectivity index (χ2n) is 3.04. The van der Waals surface area contributed by atoms with Gasteiger partial charge in [0.25, 0.3) is 5.91 Å². The zero-order valence-corrected chi connectivity index (χ0v) is 10.4. The van der Waals surface area contributed by atoms with E-state index in [0.717, 1.165) is 0 Å². The molecule has 17 heavy (non-hydrogen) atoms. The molecule has 0 aliphatic carbocycles. The molecule has 7 heteroatoms. The van der Waals surface area contributed by atoms with Crippen LogP contribution in [0.1, 0.15) is 10.4 Å². The van der Waals surface area contributed by atoms with Crippen molar-refractivity contribution in [1.29, 1.82) is 0 Å². The van der Waals surface area contributed by atoms with Crippen molar-refractivity contribution in [3.63, 3.8) is 0 Å². The highest BCUT2D eigenvalue weighted by molar-refractivity contribution is 9.10. The first kappa shape index (κ1) is 13.6. The molecule has 1 aromatic heterocycles. The smallest absolute Gasteiger partial charge is 0.329 e. The Hall–Kier alpha value is -1.47. The van der Waals surface area contributed by atoms with Crippen LogP contribution in [0.4, 0.5) is 0 Å². The fourth-order valence-electron chi connectivity index (χ4n) is 1.05. The molecule has 0 saturated carbocycles. The SMILES string of the molecule is O=C(O)COCCNC(=O)c1cccnc1Br. The maximum Gasteiger partial charge on any atom is 0.329 e. The van der Waals surface area contributed by atoms with E-state index in [1.807, 2.05) is 0 Å². The number of hydrogen-bond donors (Lipinski definition) is 2. The Morgan fingerprint density at radius 1 is 1.53 bits per heavy atom. The Morgan fingerprint density at radius 2 is 2.29 bits per heavy atom. The Balaban J connectivity index is 2.31. The summed E-state index contributed by atoms with van der Waals surface area (Å²) in [5.41, 5.74) is 0.422. The van der Waals surface area contributed by atoms with E-state index in [0.29, 0.717) is 10.2 Å². The van der Waals surface area contributed by atoms with E-state index in [-0.39, 0.29) is 25.7 Å². The van der Waals surface area contributed by atoms with Crippen LogP contribution in [-0.2, 0) is 9.53 Å². The number of hydrogen-bond acceptors (Lipinski definition) is 4. The Kier molecular flexibility index (Phi) is 5.58. The van der Waals surface area contributed by atoms with Gasteiger partial charge in [0, 0.05) is 12.7 Å². The topological polar surface area (TPSA) is 88.5 Å². The number of amides is 1. The number of carboxylic acids is 1. The van der Waals surface area contributed by atoms with Crippen molar-refractivity contribution in [2.24, 2.45) is 0 Å². The van der Waals surface area contributed by atoms with Crippen LogP contribution in [-0.4, -0.2) is 41.7 Å². The zero-order valence-electron chi connectivity index (χ0n) is 8.85. The van der Waals surface area contributed by atoms with Crippen molar-refractivity contribution in [1.82, 2.24) is 10.3 Å². The van der Waals surface area contributed by atoms with Gasteiger partial charge >= 0.3 is 5.97 Å². The van der Waals surface area contributed by atoms with Crippen molar-refractivity contribution in [3.8, 4) is 0 Å². The van der Waals surface area contributed by atoms with Crippen LogP contribution in [0.2, 0.25) is 0 Å². The van der Waals surface area contributed by atoms with Gasteiger partial charge in [-0.2, -0.15) is 0 Å². The lowest BCUT2D eigenvalue weighted by Gasteiger charge is -2.06. The summed E-state index contributed by atoms with van der Waals surface area (Å²) in [7, 11) is 0. The highest BCUT2D eigenvalue weighted by Crippen LogP contribution is 2.11. The Bertz CT molecular complexity index is 411. The standard InChI is InChI=1S/C10H11BrN2O4/c11-9-7(2-1-3-12-9)10(16)13-4-5-17-6-8(14)15/h1-3H,4-6H2,(H,13,16)(H,14,15). The number of ether oxygens (including phenoxy) is 1. The quantitative estimate of drug-likeness (QED) is 0.596. The van der Waals surface area contributed by atoms with Gasteiger partial charge in [-0.3, -0.25) is 4.79 Å². The van der Waals surface area contributed by atoms with Crippen LogP contribution in [0.15, 0.2) is 22.9 Å². The van der Waals surface area contributed by atoms with Crippen molar-refractivity contribution in [2.45, 2.75) is 0 Å². The molecule has 0 aromatic carbocycles. The van der Waals surface area contributed by atoms with Gasteiger partial charge in [-0.25, -0.2) is 9.78 Å². The first-order valence-electron chi connectivity index (χ1n) is 4.79. The predicted octanol–water partition coefficient (Wildman–Crippen LogP) is 0.675. The third-order valence-corrected chi connectivity index (χ3v) is 2.39. The van der Waals surface area contributed by atoms with Crippen LogP contribution in [0.5, 0.6) is 0 Å². The van der Waals surface area contributed by atoms with Gasteiger partial charge < -0.3 is 15.2 Å². The second kappa shape index (κ2) is 6.97. The van der Waals surface area contributed by atoms with Crippen molar-refractivity contribution in [2.75, 3.05) is 19.8 Å². The number of carboxylic acid groups (broad SMARTS) is 1. The number of nitrogens with zero attached hydrogens (tertiary/aromatic N) is 1. The molecule has 0 bridgehead atoms. The van der Waals surface area contributed by atoms with Crippen molar-refractivity contribution >= 4 is 27.8 Å². The highest BCUT2D eigenvalue weighted by atomic mass is 79.9. The van der Waals surface area contributed by atoms with E-state index < -0.39 is 5.97 Å². The summed E-state index contributed by atoms with van der Waals surface area (Å²) in [5.74, 6) is -1.32. The van der Waals surface area contributed by atoms with Gasteiger partial charge in [-0.05, 0) is 28.1 Å². The fraction of sp³-hybridized carbons (Fsp3) is 0.300. The van der Waals surface area contributed by atoms with E-state index in [2.05, 4.69) is 26.2 Å². The summed E-state index contributed by atoms with van der Waals surface area (Å²) >= 11 is 3.16.